The number of carbonyl (C=O) groups excluding carboxylic acids is 1. The van der Waals surface area contributed by atoms with Gasteiger partial charge >= 0.3 is 5.97 Å². The van der Waals surface area contributed by atoms with Crippen molar-refractivity contribution in [2.75, 3.05) is 13.1 Å². The van der Waals surface area contributed by atoms with Crippen molar-refractivity contribution in [1.82, 2.24) is 4.90 Å². The Morgan fingerprint density at radius 1 is 1.32 bits per heavy atom. The maximum absolute atomic E-state index is 12.5. The van der Waals surface area contributed by atoms with Crippen LogP contribution in [0, 0.1) is 19.3 Å². The second-order valence-electron chi connectivity index (χ2n) is 5.59. The molecule has 1 aromatic carbocycles. The number of hydrogen-bond donors (Lipinski definition) is 1. The summed E-state index contributed by atoms with van der Waals surface area (Å²) in [6, 6.07) is 5.64. The molecule has 1 aromatic rings. The predicted octanol–water partition coefficient (Wildman–Crippen LogP) is 2.24. The van der Waals surface area contributed by atoms with Crippen molar-refractivity contribution in [3.63, 3.8) is 0 Å². The average Bonchev–Trinajstić information content (AvgIpc) is 2.76. The number of carbonyl (C=O) groups is 2. The molecular formula is C15H19NO3. The first-order valence-electron chi connectivity index (χ1n) is 6.44. The molecule has 0 aliphatic carbocycles. The van der Waals surface area contributed by atoms with Crippen molar-refractivity contribution in [2.45, 2.75) is 27.2 Å². The van der Waals surface area contributed by atoms with E-state index >= 15 is 0 Å². The van der Waals surface area contributed by atoms with E-state index in [0.29, 0.717) is 18.5 Å². The van der Waals surface area contributed by atoms with Gasteiger partial charge in [-0.2, -0.15) is 0 Å². The van der Waals surface area contributed by atoms with Crippen LogP contribution in [0.5, 0.6) is 0 Å². The smallest absolute Gasteiger partial charge is 0.311 e. The largest absolute Gasteiger partial charge is 0.481 e. The molecule has 0 bridgehead atoms. The lowest BCUT2D eigenvalue weighted by molar-refractivity contribution is -0.147. The molecule has 0 saturated carbocycles. The number of nitrogens with zero attached hydrogens (tertiary/aromatic N) is 1. The van der Waals surface area contributed by atoms with Crippen LogP contribution in [0.4, 0.5) is 0 Å². The molecule has 1 aliphatic rings. The lowest BCUT2D eigenvalue weighted by atomic mass is 9.90. The summed E-state index contributed by atoms with van der Waals surface area (Å²) in [5, 5.41) is 9.20. The maximum atomic E-state index is 12.5. The Labute approximate surface area is 113 Å². The van der Waals surface area contributed by atoms with Crippen LogP contribution in [0.2, 0.25) is 0 Å². The fourth-order valence-corrected chi connectivity index (χ4v) is 2.46. The molecule has 0 aromatic heterocycles. The van der Waals surface area contributed by atoms with Crippen molar-refractivity contribution in [3.8, 4) is 0 Å². The Bertz CT molecular complexity index is 538. The average molecular weight is 261 g/mol. The summed E-state index contributed by atoms with van der Waals surface area (Å²) in [5.74, 6) is -0.894. The number of carboxylic acids is 1. The van der Waals surface area contributed by atoms with Crippen LogP contribution in [0.15, 0.2) is 18.2 Å². The van der Waals surface area contributed by atoms with E-state index < -0.39 is 11.4 Å². The van der Waals surface area contributed by atoms with Crippen molar-refractivity contribution >= 4 is 11.9 Å². The highest BCUT2D eigenvalue weighted by Crippen LogP contribution is 2.31. The lowest BCUT2D eigenvalue weighted by Crippen LogP contribution is -2.35. The second-order valence-corrected chi connectivity index (χ2v) is 5.59. The van der Waals surface area contributed by atoms with Gasteiger partial charge in [0, 0.05) is 18.7 Å². The van der Waals surface area contributed by atoms with Gasteiger partial charge in [0.1, 0.15) is 0 Å². The first-order valence-corrected chi connectivity index (χ1v) is 6.44. The fraction of sp³-hybridized carbons (Fsp3) is 0.467. The van der Waals surface area contributed by atoms with E-state index in [-0.39, 0.29) is 12.5 Å². The minimum absolute atomic E-state index is 0.0637. The van der Waals surface area contributed by atoms with Crippen LogP contribution in [-0.4, -0.2) is 35.0 Å². The highest BCUT2D eigenvalue weighted by Gasteiger charge is 2.42. The van der Waals surface area contributed by atoms with Crippen LogP contribution in [0.25, 0.3) is 0 Å². The van der Waals surface area contributed by atoms with Gasteiger partial charge in [0.25, 0.3) is 5.91 Å². The van der Waals surface area contributed by atoms with E-state index in [2.05, 4.69) is 0 Å². The predicted molar refractivity (Wildman–Crippen MR) is 72.2 cm³/mol. The van der Waals surface area contributed by atoms with Gasteiger partial charge in [-0.05, 0) is 44.4 Å². The zero-order valence-electron chi connectivity index (χ0n) is 11.6. The topological polar surface area (TPSA) is 57.6 Å². The number of aryl methyl sites for hydroxylation is 1. The molecule has 2 rings (SSSR count). The number of hydrogen-bond acceptors (Lipinski definition) is 2. The summed E-state index contributed by atoms with van der Waals surface area (Å²) in [6.07, 6.45) is 0.513. The third kappa shape index (κ3) is 2.35. The molecule has 4 heteroatoms. The molecule has 4 nitrogen and oxygen atoms in total. The van der Waals surface area contributed by atoms with E-state index in [4.69, 9.17) is 0 Å². The number of rotatable bonds is 2. The summed E-state index contributed by atoms with van der Waals surface area (Å²) in [7, 11) is 0. The van der Waals surface area contributed by atoms with Gasteiger partial charge in [-0.25, -0.2) is 0 Å². The molecule has 1 amide bonds. The van der Waals surface area contributed by atoms with Gasteiger partial charge in [-0.3, -0.25) is 9.59 Å². The van der Waals surface area contributed by atoms with E-state index in [9.17, 15) is 14.7 Å². The lowest BCUT2D eigenvalue weighted by Gasteiger charge is -2.21. The van der Waals surface area contributed by atoms with Crippen molar-refractivity contribution in [2.24, 2.45) is 5.41 Å². The van der Waals surface area contributed by atoms with Gasteiger partial charge in [0.2, 0.25) is 0 Å². The Hall–Kier alpha value is -1.84. The van der Waals surface area contributed by atoms with E-state index in [1.165, 1.54) is 0 Å². The summed E-state index contributed by atoms with van der Waals surface area (Å²) in [5.41, 5.74) is 1.91. The Morgan fingerprint density at radius 2 is 2.00 bits per heavy atom. The molecule has 0 radical (unpaired) electrons. The molecule has 1 N–H and O–H groups in total. The van der Waals surface area contributed by atoms with E-state index in [1.54, 1.807) is 17.9 Å². The zero-order valence-corrected chi connectivity index (χ0v) is 11.6. The normalized spacial score (nSPS) is 22.6. The SMILES string of the molecule is Cc1cccc(C(=O)N2CC[C@@](C)(C(=O)O)C2)c1C. The summed E-state index contributed by atoms with van der Waals surface area (Å²) in [4.78, 5) is 25.3. The minimum atomic E-state index is -0.830. The van der Waals surface area contributed by atoms with Crippen molar-refractivity contribution < 1.29 is 14.7 Å². The first-order chi connectivity index (χ1) is 8.85. The quantitative estimate of drug-likeness (QED) is 0.888. The number of amides is 1. The van der Waals surface area contributed by atoms with E-state index in [0.717, 1.165) is 11.1 Å². The van der Waals surface area contributed by atoms with Crippen molar-refractivity contribution in [1.29, 1.82) is 0 Å². The van der Waals surface area contributed by atoms with Gasteiger partial charge in [0.05, 0.1) is 5.41 Å². The summed E-state index contributed by atoms with van der Waals surface area (Å²) in [6.45, 7) is 6.39. The summed E-state index contributed by atoms with van der Waals surface area (Å²) < 4.78 is 0. The molecule has 19 heavy (non-hydrogen) atoms. The van der Waals surface area contributed by atoms with Gasteiger partial charge in [0.15, 0.2) is 0 Å². The number of likely N-dealkylation sites (tertiary alicyclic amines) is 1. The standard InChI is InChI=1S/C15H19NO3/c1-10-5-4-6-12(11(10)2)13(17)16-8-7-15(3,9-16)14(18)19/h4-6H,7-9H2,1-3H3,(H,18,19)/t15-/m1/s1. The molecule has 1 heterocycles. The van der Waals surface area contributed by atoms with Gasteiger partial charge < -0.3 is 10.0 Å². The monoisotopic (exact) mass is 261 g/mol. The van der Waals surface area contributed by atoms with E-state index in [1.807, 2.05) is 26.0 Å². The van der Waals surface area contributed by atoms with Crippen LogP contribution in [0.1, 0.15) is 34.8 Å². The molecule has 0 unspecified atom stereocenters. The van der Waals surface area contributed by atoms with Crippen molar-refractivity contribution in [3.05, 3.63) is 34.9 Å². The van der Waals surface area contributed by atoms with Crippen LogP contribution >= 0.6 is 0 Å². The van der Waals surface area contributed by atoms with Gasteiger partial charge in [-0.1, -0.05) is 12.1 Å². The molecule has 1 fully saturated rings. The fourth-order valence-electron chi connectivity index (χ4n) is 2.46. The Balaban J connectivity index is 2.23. The highest BCUT2D eigenvalue weighted by atomic mass is 16.4. The number of aliphatic carboxylic acids is 1. The second kappa shape index (κ2) is 4.68. The highest BCUT2D eigenvalue weighted by molar-refractivity contribution is 5.96. The maximum Gasteiger partial charge on any atom is 0.311 e. The zero-order chi connectivity index (χ0) is 14.2. The van der Waals surface area contributed by atoms with Crippen LogP contribution in [0.3, 0.4) is 0 Å². The molecule has 0 spiro atoms. The first kappa shape index (κ1) is 13.6. The number of carboxylic acid groups (broad SMARTS) is 1. The Kier molecular flexibility index (Phi) is 3.35. The third-order valence-electron chi connectivity index (χ3n) is 4.11. The number of benzene rings is 1. The molecule has 1 aliphatic heterocycles. The molecule has 1 atom stereocenters. The molecule has 1 saturated heterocycles. The molecular weight excluding hydrogens is 242 g/mol. The third-order valence-corrected chi connectivity index (χ3v) is 4.11. The Morgan fingerprint density at radius 3 is 2.58 bits per heavy atom. The molecule has 102 valence electrons. The summed E-state index contributed by atoms with van der Waals surface area (Å²) >= 11 is 0. The minimum Gasteiger partial charge on any atom is -0.481 e. The van der Waals surface area contributed by atoms with Crippen LogP contribution < -0.4 is 0 Å². The van der Waals surface area contributed by atoms with Gasteiger partial charge in [-0.15, -0.1) is 0 Å². The van der Waals surface area contributed by atoms with Crippen LogP contribution in [-0.2, 0) is 4.79 Å².